The van der Waals surface area contributed by atoms with Gasteiger partial charge in [-0.15, -0.1) is 0 Å². The first-order valence-electron chi connectivity index (χ1n) is 5.68. The Labute approximate surface area is 102 Å². The SMILES string of the molecule is Cc1cccc(C(=O)N(CCC#N)C(C)C)n1. The standard InChI is InChI=1S/C13H17N3O/c1-10(2)16(9-5-8-14)13(17)12-7-4-6-11(3)15-12/h4,6-7,10H,5,9H2,1-3H3. The third-order valence-electron chi connectivity index (χ3n) is 2.46. The van der Waals surface area contributed by atoms with Gasteiger partial charge in [0.05, 0.1) is 12.5 Å². The van der Waals surface area contributed by atoms with Crippen LogP contribution in [0.4, 0.5) is 0 Å². The summed E-state index contributed by atoms with van der Waals surface area (Å²) in [5, 5.41) is 8.59. The van der Waals surface area contributed by atoms with Crippen LogP contribution in [0.25, 0.3) is 0 Å². The predicted molar refractivity (Wildman–Crippen MR) is 65.4 cm³/mol. The summed E-state index contributed by atoms with van der Waals surface area (Å²) in [4.78, 5) is 18.1. The van der Waals surface area contributed by atoms with Gasteiger partial charge in [-0.1, -0.05) is 6.07 Å². The van der Waals surface area contributed by atoms with Gasteiger partial charge in [0.25, 0.3) is 5.91 Å². The molecule has 4 nitrogen and oxygen atoms in total. The van der Waals surface area contributed by atoms with Crippen LogP contribution in [0.2, 0.25) is 0 Å². The van der Waals surface area contributed by atoms with Gasteiger partial charge >= 0.3 is 0 Å². The van der Waals surface area contributed by atoms with E-state index in [1.54, 1.807) is 11.0 Å². The van der Waals surface area contributed by atoms with Crippen molar-refractivity contribution in [1.29, 1.82) is 5.26 Å². The first-order chi connectivity index (χ1) is 8.06. The number of aryl methyl sites for hydroxylation is 1. The Balaban J connectivity index is 2.88. The van der Waals surface area contributed by atoms with Crippen molar-refractivity contribution in [2.24, 2.45) is 0 Å². The van der Waals surface area contributed by atoms with Crippen LogP contribution >= 0.6 is 0 Å². The molecule has 0 saturated carbocycles. The van der Waals surface area contributed by atoms with Crippen molar-refractivity contribution >= 4 is 5.91 Å². The molecule has 0 aliphatic rings. The van der Waals surface area contributed by atoms with E-state index in [9.17, 15) is 4.79 Å². The highest BCUT2D eigenvalue weighted by molar-refractivity contribution is 5.92. The average molecular weight is 231 g/mol. The molecule has 0 aliphatic carbocycles. The zero-order chi connectivity index (χ0) is 12.8. The molecular weight excluding hydrogens is 214 g/mol. The van der Waals surface area contributed by atoms with Crippen LogP contribution in [0.1, 0.15) is 36.5 Å². The van der Waals surface area contributed by atoms with Gasteiger partial charge in [0.1, 0.15) is 5.69 Å². The molecule has 4 heteroatoms. The fourth-order valence-electron chi connectivity index (χ4n) is 1.57. The molecule has 0 aliphatic heterocycles. The number of amides is 1. The number of hydrogen-bond acceptors (Lipinski definition) is 3. The van der Waals surface area contributed by atoms with E-state index in [1.165, 1.54) is 0 Å². The van der Waals surface area contributed by atoms with Gasteiger partial charge in [-0.25, -0.2) is 4.98 Å². The van der Waals surface area contributed by atoms with E-state index in [-0.39, 0.29) is 11.9 Å². The average Bonchev–Trinajstić information content (AvgIpc) is 2.29. The summed E-state index contributed by atoms with van der Waals surface area (Å²) in [5.74, 6) is -0.112. The quantitative estimate of drug-likeness (QED) is 0.797. The number of aromatic nitrogens is 1. The van der Waals surface area contributed by atoms with Crippen molar-refractivity contribution in [3.8, 4) is 6.07 Å². The summed E-state index contributed by atoms with van der Waals surface area (Å²) in [5.41, 5.74) is 1.26. The lowest BCUT2D eigenvalue weighted by Crippen LogP contribution is -2.38. The van der Waals surface area contributed by atoms with Crippen molar-refractivity contribution < 1.29 is 4.79 Å². The molecule has 1 aromatic heterocycles. The van der Waals surface area contributed by atoms with Crippen molar-refractivity contribution in [2.45, 2.75) is 33.2 Å². The maximum Gasteiger partial charge on any atom is 0.272 e. The van der Waals surface area contributed by atoms with Crippen molar-refractivity contribution in [2.75, 3.05) is 6.54 Å². The Hall–Kier alpha value is -1.89. The number of carbonyl (C=O) groups is 1. The molecule has 0 aromatic carbocycles. The Morgan fingerprint density at radius 1 is 1.53 bits per heavy atom. The first-order valence-corrected chi connectivity index (χ1v) is 5.68. The number of nitriles is 1. The minimum Gasteiger partial charge on any atom is -0.334 e. The summed E-state index contributed by atoms with van der Waals surface area (Å²) in [6.45, 7) is 6.17. The summed E-state index contributed by atoms with van der Waals surface area (Å²) in [7, 11) is 0. The van der Waals surface area contributed by atoms with Crippen LogP contribution in [0, 0.1) is 18.3 Å². The molecule has 0 fully saturated rings. The van der Waals surface area contributed by atoms with E-state index >= 15 is 0 Å². The summed E-state index contributed by atoms with van der Waals surface area (Å²) >= 11 is 0. The fraction of sp³-hybridized carbons (Fsp3) is 0.462. The molecule has 0 N–H and O–H groups in total. The van der Waals surface area contributed by atoms with Crippen LogP contribution in [0.5, 0.6) is 0 Å². The van der Waals surface area contributed by atoms with Crippen LogP contribution in [0.15, 0.2) is 18.2 Å². The lowest BCUT2D eigenvalue weighted by molar-refractivity contribution is 0.0704. The molecular formula is C13H17N3O. The van der Waals surface area contributed by atoms with Crippen LogP contribution < -0.4 is 0 Å². The molecule has 0 saturated heterocycles. The summed E-state index contributed by atoms with van der Waals surface area (Å²) in [6.07, 6.45) is 0.343. The number of pyridine rings is 1. The monoisotopic (exact) mass is 231 g/mol. The van der Waals surface area contributed by atoms with Crippen molar-refractivity contribution in [1.82, 2.24) is 9.88 Å². The van der Waals surface area contributed by atoms with Crippen LogP contribution in [-0.2, 0) is 0 Å². The van der Waals surface area contributed by atoms with E-state index in [2.05, 4.69) is 11.1 Å². The van der Waals surface area contributed by atoms with Gasteiger partial charge in [-0.2, -0.15) is 5.26 Å². The molecule has 0 spiro atoms. The highest BCUT2D eigenvalue weighted by atomic mass is 16.2. The minimum absolute atomic E-state index is 0.0677. The molecule has 0 unspecified atom stereocenters. The smallest absolute Gasteiger partial charge is 0.272 e. The van der Waals surface area contributed by atoms with Crippen LogP contribution in [-0.4, -0.2) is 28.4 Å². The van der Waals surface area contributed by atoms with Gasteiger partial charge in [-0.05, 0) is 32.9 Å². The van der Waals surface area contributed by atoms with Gasteiger partial charge in [0, 0.05) is 18.3 Å². The first kappa shape index (κ1) is 13.2. The third kappa shape index (κ3) is 3.56. The minimum atomic E-state index is -0.112. The second kappa shape index (κ2) is 6.00. The van der Waals surface area contributed by atoms with E-state index in [0.717, 1.165) is 5.69 Å². The largest absolute Gasteiger partial charge is 0.334 e. The molecule has 0 radical (unpaired) electrons. The molecule has 1 aromatic rings. The van der Waals surface area contributed by atoms with E-state index < -0.39 is 0 Å². The fourth-order valence-corrected chi connectivity index (χ4v) is 1.57. The Kier molecular flexibility index (Phi) is 4.65. The zero-order valence-electron chi connectivity index (χ0n) is 10.5. The third-order valence-corrected chi connectivity index (χ3v) is 2.46. The maximum absolute atomic E-state index is 12.2. The van der Waals surface area contributed by atoms with Gasteiger partial charge in [0.2, 0.25) is 0 Å². The molecule has 0 bridgehead atoms. The summed E-state index contributed by atoms with van der Waals surface area (Å²) in [6, 6.07) is 7.50. The van der Waals surface area contributed by atoms with Crippen molar-refractivity contribution in [3.63, 3.8) is 0 Å². The molecule has 1 amide bonds. The number of carbonyl (C=O) groups excluding carboxylic acids is 1. The zero-order valence-corrected chi connectivity index (χ0v) is 10.5. The number of hydrogen-bond donors (Lipinski definition) is 0. The Bertz CT molecular complexity index is 435. The molecule has 90 valence electrons. The maximum atomic E-state index is 12.2. The van der Waals surface area contributed by atoms with Gasteiger partial charge < -0.3 is 4.90 Å². The molecule has 17 heavy (non-hydrogen) atoms. The highest BCUT2D eigenvalue weighted by Crippen LogP contribution is 2.08. The molecule has 0 atom stereocenters. The summed E-state index contributed by atoms with van der Waals surface area (Å²) < 4.78 is 0. The Morgan fingerprint density at radius 2 is 2.24 bits per heavy atom. The number of nitrogens with zero attached hydrogens (tertiary/aromatic N) is 3. The topological polar surface area (TPSA) is 57.0 Å². The second-order valence-corrected chi connectivity index (χ2v) is 4.16. The van der Waals surface area contributed by atoms with Gasteiger partial charge in [-0.3, -0.25) is 4.79 Å². The molecule has 1 rings (SSSR count). The second-order valence-electron chi connectivity index (χ2n) is 4.16. The lowest BCUT2D eigenvalue weighted by atomic mass is 10.2. The number of rotatable bonds is 4. The lowest BCUT2D eigenvalue weighted by Gasteiger charge is -2.25. The molecule has 1 heterocycles. The van der Waals surface area contributed by atoms with E-state index in [1.807, 2.05) is 32.9 Å². The Morgan fingerprint density at radius 3 is 2.76 bits per heavy atom. The van der Waals surface area contributed by atoms with E-state index in [0.29, 0.717) is 18.7 Å². The normalized spacial score (nSPS) is 10.1. The van der Waals surface area contributed by atoms with Crippen LogP contribution in [0.3, 0.4) is 0 Å². The predicted octanol–water partition coefficient (Wildman–Crippen LogP) is 2.15. The van der Waals surface area contributed by atoms with Crippen molar-refractivity contribution in [3.05, 3.63) is 29.6 Å². The highest BCUT2D eigenvalue weighted by Gasteiger charge is 2.19. The van der Waals surface area contributed by atoms with Gasteiger partial charge in [0.15, 0.2) is 0 Å². The van der Waals surface area contributed by atoms with E-state index in [4.69, 9.17) is 5.26 Å².